The first-order valence-corrected chi connectivity index (χ1v) is 12.6. The molecule has 0 spiro atoms. The van der Waals surface area contributed by atoms with Crippen molar-refractivity contribution in [2.24, 2.45) is 0 Å². The second kappa shape index (κ2) is 9.14. The third kappa shape index (κ3) is 4.01. The van der Waals surface area contributed by atoms with Crippen LogP contribution in [0.3, 0.4) is 0 Å². The zero-order valence-electron chi connectivity index (χ0n) is 19.7. The SMILES string of the molecule is C=CC(=O)N1CC[C@@H](NC(=O)c2sc3nccc4c3c2NC(=O)N4c2ccnc(-c3ccccc3)c2)C1. The molecule has 0 unspecified atom stereocenters. The van der Waals surface area contributed by atoms with Crippen LogP contribution >= 0.6 is 11.3 Å². The third-order valence-electron chi connectivity index (χ3n) is 6.53. The molecule has 4 amide bonds. The number of rotatable bonds is 5. The van der Waals surface area contributed by atoms with Crippen LogP contribution in [0.2, 0.25) is 0 Å². The van der Waals surface area contributed by atoms with Gasteiger partial charge in [-0.3, -0.25) is 19.5 Å². The summed E-state index contributed by atoms with van der Waals surface area (Å²) in [6.07, 6.45) is 5.25. The fourth-order valence-corrected chi connectivity index (χ4v) is 5.81. The minimum absolute atomic E-state index is 0.151. The van der Waals surface area contributed by atoms with Crippen LogP contribution in [-0.4, -0.2) is 51.8 Å². The minimum atomic E-state index is -0.374. The maximum Gasteiger partial charge on any atom is 0.331 e. The number of aromatic nitrogens is 2. The van der Waals surface area contributed by atoms with Crippen molar-refractivity contribution in [3.63, 3.8) is 0 Å². The molecule has 1 atom stereocenters. The number of anilines is 3. The van der Waals surface area contributed by atoms with Crippen molar-refractivity contribution in [3.05, 3.63) is 78.5 Å². The number of urea groups is 1. The summed E-state index contributed by atoms with van der Waals surface area (Å²) in [5, 5.41) is 6.64. The molecule has 0 radical (unpaired) electrons. The number of amides is 4. The summed E-state index contributed by atoms with van der Waals surface area (Å²) in [4.78, 5) is 51.8. The Balaban J connectivity index is 1.34. The number of pyridine rings is 2. The highest BCUT2D eigenvalue weighted by molar-refractivity contribution is 7.21. The van der Waals surface area contributed by atoms with Gasteiger partial charge in [0, 0.05) is 37.1 Å². The Bertz CT molecular complexity index is 1570. The van der Waals surface area contributed by atoms with Crippen LogP contribution in [-0.2, 0) is 4.79 Å². The van der Waals surface area contributed by atoms with E-state index in [1.54, 1.807) is 34.3 Å². The van der Waals surface area contributed by atoms with Crippen LogP contribution < -0.4 is 15.5 Å². The Morgan fingerprint density at radius 2 is 1.95 bits per heavy atom. The second-order valence-electron chi connectivity index (χ2n) is 8.79. The van der Waals surface area contributed by atoms with Gasteiger partial charge in [0.1, 0.15) is 9.71 Å². The number of benzene rings is 1. The Hall–Kier alpha value is -4.57. The molecule has 10 heteroatoms. The number of nitrogens with zero attached hydrogens (tertiary/aromatic N) is 4. The topological polar surface area (TPSA) is 108 Å². The fraction of sp³-hybridized carbons (Fsp3) is 0.148. The smallest absolute Gasteiger partial charge is 0.331 e. The predicted octanol–water partition coefficient (Wildman–Crippen LogP) is 4.56. The van der Waals surface area contributed by atoms with E-state index in [0.717, 1.165) is 11.3 Å². The van der Waals surface area contributed by atoms with Gasteiger partial charge in [0.25, 0.3) is 5.91 Å². The van der Waals surface area contributed by atoms with Crippen molar-refractivity contribution in [1.29, 1.82) is 0 Å². The molecule has 6 rings (SSSR count). The molecule has 0 bridgehead atoms. The normalized spacial score (nSPS) is 16.5. The summed E-state index contributed by atoms with van der Waals surface area (Å²) in [5.41, 5.74) is 3.44. The summed E-state index contributed by atoms with van der Waals surface area (Å²) >= 11 is 1.23. The van der Waals surface area contributed by atoms with Crippen molar-refractivity contribution >= 4 is 56.5 Å². The van der Waals surface area contributed by atoms with Crippen LogP contribution in [0.1, 0.15) is 16.1 Å². The van der Waals surface area contributed by atoms with E-state index in [4.69, 9.17) is 0 Å². The van der Waals surface area contributed by atoms with E-state index in [-0.39, 0.29) is 23.9 Å². The summed E-state index contributed by atoms with van der Waals surface area (Å²) in [6.45, 7) is 4.51. The van der Waals surface area contributed by atoms with Gasteiger partial charge in [0.2, 0.25) is 5.91 Å². The predicted molar refractivity (Wildman–Crippen MR) is 143 cm³/mol. The van der Waals surface area contributed by atoms with Crippen LogP contribution in [0.4, 0.5) is 21.9 Å². The number of carbonyl (C=O) groups is 3. The molecule has 4 aromatic rings. The van der Waals surface area contributed by atoms with Crippen molar-refractivity contribution < 1.29 is 14.4 Å². The van der Waals surface area contributed by atoms with Crippen molar-refractivity contribution in [1.82, 2.24) is 20.2 Å². The van der Waals surface area contributed by atoms with E-state index in [2.05, 4.69) is 27.2 Å². The van der Waals surface area contributed by atoms with E-state index < -0.39 is 0 Å². The lowest BCUT2D eigenvalue weighted by Gasteiger charge is -2.28. The van der Waals surface area contributed by atoms with Gasteiger partial charge in [-0.05, 0) is 30.7 Å². The molecule has 0 saturated carbocycles. The van der Waals surface area contributed by atoms with Crippen molar-refractivity contribution in [2.45, 2.75) is 12.5 Å². The summed E-state index contributed by atoms with van der Waals surface area (Å²) in [6, 6.07) is 14.6. The Morgan fingerprint density at radius 3 is 2.76 bits per heavy atom. The molecule has 2 aliphatic rings. The highest BCUT2D eigenvalue weighted by Crippen LogP contribution is 2.45. The molecule has 184 valence electrons. The van der Waals surface area contributed by atoms with Gasteiger partial charge < -0.3 is 15.5 Å². The Morgan fingerprint density at radius 1 is 1.14 bits per heavy atom. The van der Waals surface area contributed by atoms with E-state index in [0.29, 0.717) is 51.7 Å². The van der Waals surface area contributed by atoms with Crippen LogP contribution in [0.5, 0.6) is 0 Å². The number of hydrogen-bond acceptors (Lipinski definition) is 6. The van der Waals surface area contributed by atoms with Gasteiger partial charge in [0.15, 0.2) is 0 Å². The Labute approximate surface area is 216 Å². The molecule has 37 heavy (non-hydrogen) atoms. The lowest BCUT2D eigenvalue weighted by atomic mass is 10.1. The van der Waals surface area contributed by atoms with E-state index >= 15 is 0 Å². The molecular formula is C27H22N6O3S. The zero-order chi connectivity index (χ0) is 25.5. The van der Waals surface area contributed by atoms with Gasteiger partial charge in [-0.2, -0.15) is 0 Å². The second-order valence-corrected chi connectivity index (χ2v) is 9.79. The third-order valence-corrected chi connectivity index (χ3v) is 7.63. The highest BCUT2D eigenvalue weighted by atomic mass is 32.1. The van der Waals surface area contributed by atoms with E-state index in [1.165, 1.54) is 17.4 Å². The highest BCUT2D eigenvalue weighted by Gasteiger charge is 2.34. The standard InChI is InChI=1S/C27H22N6O3S/c1-2-21(34)32-13-10-17(15-32)30-25(35)24-23-22-20(9-12-29-26(22)37-24)33(27(36)31-23)18-8-11-28-19(14-18)16-6-4-3-5-7-16/h2-9,11-12,14,17H,1,10,13,15H2,(H,30,35)(H,31,36)/t17-/m1/s1. The monoisotopic (exact) mass is 510 g/mol. The van der Waals surface area contributed by atoms with Crippen molar-refractivity contribution in [3.8, 4) is 11.3 Å². The largest absolute Gasteiger partial charge is 0.347 e. The Kier molecular flexibility index (Phi) is 5.65. The molecule has 3 aromatic heterocycles. The average molecular weight is 511 g/mol. The first-order valence-electron chi connectivity index (χ1n) is 11.8. The van der Waals surface area contributed by atoms with Gasteiger partial charge in [0.05, 0.1) is 28.1 Å². The molecule has 1 fully saturated rings. The number of carbonyl (C=O) groups excluding carboxylic acids is 3. The summed E-state index contributed by atoms with van der Waals surface area (Å²) in [5.74, 6) is -0.452. The molecule has 5 heterocycles. The van der Waals surface area contributed by atoms with E-state index in [9.17, 15) is 14.4 Å². The molecule has 2 N–H and O–H groups in total. The van der Waals surface area contributed by atoms with E-state index in [1.807, 2.05) is 36.4 Å². The molecule has 0 aliphatic carbocycles. The first kappa shape index (κ1) is 22.9. The molecule has 1 saturated heterocycles. The van der Waals surface area contributed by atoms with Gasteiger partial charge >= 0.3 is 6.03 Å². The first-order chi connectivity index (χ1) is 18.0. The molecule has 1 aromatic carbocycles. The summed E-state index contributed by atoms with van der Waals surface area (Å²) < 4.78 is 0. The number of likely N-dealkylation sites (tertiary alicyclic amines) is 1. The maximum absolute atomic E-state index is 13.4. The number of thiophene rings is 1. The molecular weight excluding hydrogens is 488 g/mol. The van der Waals surface area contributed by atoms with Crippen LogP contribution in [0.25, 0.3) is 21.5 Å². The fourth-order valence-electron chi connectivity index (χ4n) is 4.78. The van der Waals surface area contributed by atoms with Gasteiger partial charge in [-0.15, -0.1) is 11.3 Å². The van der Waals surface area contributed by atoms with Crippen LogP contribution in [0, 0.1) is 0 Å². The molecule has 2 aliphatic heterocycles. The quantitative estimate of drug-likeness (QED) is 0.383. The summed E-state index contributed by atoms with van der Waals surface area (Å²) in [7, 11) is 0. The maximum atomic E-state index is 13.4. The minimum Gasteiger partial charge on any atom is -0.347 e. The van der Waals surface area contributed by atoms with Gasteiger partial charge in [-0.25, -0.2) is 9.78 Å². The number of nitrogens with one attached hydrogen (secondary N) is 2. The number of hydrogen-bond donors (Lipinski definition) is 2. The van der Waals surface area contributed by atoms with Gasteiger partial charge in [-0.1, -0.05) is 36.9 Å². The molecule has 9 nitrogen and oxygen atoms in total. The lowest BCUT2D eigenvalue weighted by molar-refractivity contribution is -0.125. The van der Waals surface area contributed by atoms with Crippen LogP contribution in [0.15, 0.2) is 73.6 Å². The lowest BCUT2D eigenvalue weighted by Crippen LogP contribution is -2.39. The van der Waals surface area contributed by atoms with Crippen molar-refractivity contribution in [2.75, 3.05) is 23.3 Å². The average Bonchev–Trinajstić information content (AvgIpc) is 3.54. The zero-order valence-corrected chi connectivity index (χ0v) is 20.5.